The normalized spacial score (nSPS) is 33.0. The van der Waals surface area contributed by atoms with Gasteiger partial charge < -0.3 is 9.84 Å². The number of aromatic hydroxyl groups is 1. The molecule has 6 heteroatoms. The molecule has 25 heavy (non-hydrogen) atoms. The van der Waals surface area contributed by atoms with Crippen LogP contribution in [0, 0.1) is 23.2 Å². The summed E-state index contributed by atoms with van der Waals surface area (Å²) in [6.07, 6.45) is 8.62. The molecule has 4 fully saturated rings. The Labute approximate surface area is 156 Å². The summed E-state index contributed by atoms with van der Waals surface area (Å²) in [5.74, 6) is 2.70. The standard InChI is InChI=1S/C19H23BrN2O3/c1-25-16-6-14(5-15(20)17(16)23)10-21-22-18(24)19-7-11-2-12(8-19)4-13(3-11)9-19/h5-6,10-13,23H,2-4,7-9H2,1H3,(H,22,24)/b21-10-. The number of ether oxygens (including phenoxy) is 1. The largest absolute Gasteiger partial charge is 0.503 e. The predicted molar refractivity (Wildman–Crippen MR) is 98.7 cm³/mol. The Bertz CT molecular complexity index is 696. The van der Waals surface area contributed by atoms with Gasteiger partial charge in [-0.3, -0.25) is 4.79 Å². The Morgan fingerprint density at radius 3 is 2.44 bits per heavy atom. The van der Waals surface area contributed by atoms with Gasteiger partial charge in [0.15, 0.2) is 11.5 Å². The number of phenols is 1. The van der Waals surface area contributed by atoms with Crippen LogP contribution < -0.4 is 10.2 Å². The molecule has 4 bridgehead atoms. The molecule has 0 spiro atoms. The lowest BCUT2D eigenvalue weighted by Crippen LogP contribution is -2.52. The minimum atomic E-state index is -0.195. The van der Waals surface area contributed by atoms with Crippen molar-refractivity contribution in [3.63, 3.8) is 0 Å². The number of carbonyl (C=O) groups excluding carboxylic acids is 1. The summed E-state index contributed by atoms with van der Waals surface area (Å²) in [5.41, 5.74) is 3.32. The smallest absolute Gasteiger partial charge is 0.246 e. The van der Waals surface area contributed by atoms with Crippen molar-refractivity contribution in [2.75, 3.05) is 7.11 Å². The second-order valence-corrected chi connectivity index (χ2v) is 8.80. The highest BCUT2D eigenvalue weighted by Crippen LogP contribution is 2.60. The lowest BCUT2D eigenvalue weighted by molar-refractivity contribution is -0.146. The van der Waals surface area contributed by atoms with E-state index in [1.54, 1.807) is 18.3 Å². The van der Waals surface area contributed by atoms with Crippen LogP contribution in [0.5, 0.6) is 11.5 Å². The fraction of sp³-hybridized carbons (Fsp3) is 0.579. The lowest BCUT2D eigenvalue weighted by atomic mass is 9.49. The molecule has 2 N–H and O–H groups in total. The monoisotopic (exact) mass is 406 g/mol. The maximum atomic E-state index is 12.8. The third kappa shape index (κ3) is 3.05. The molecule has 1 aromatic carbocycles. The second-order valence-electron chi connectivity index (χ2n) is 7.95. The maximum absolute atomic E-state index is 12.8. The fourth-order valence-electron chi connectivity index (χ4n) is 5.50. The van der Waals surface area contributed by atoms with Crippen LogP contribution in [-0.4, -0.2) is 24.3 Å². The zero-order valence-electron chi connectivity index (χ0n) is 14.3. The van der Waals surface area contributed by atoms with Crippen molar-refractivity contribution in [1.29, 1.82) is 0 Å². The van der Waals surface area contributed by atoms with Crippen molar-refractivity contribution in [2.24, 2.45) is 28.3 Å². The van der Waals surface area contributed by atoms with Gasteiger partial charge in [-0.15, -0.1) is 0 Å². The van der Waals surface area contributed by atoms with Gasteiger partial charge in [-0.05, 0) is 89.9 Å². The van der Waals surface area contributed by atoms with Gasteiger partial charge in [-0.1, -0.05) is 0 Å². The van der Waals surface area contributed by atoms with E-state index in [-0.39, 0.29) is 17.1 Å². The topological polar surface area (TPSA) is 70.9 Å². The van der Waals surface area contributed by atoms with E-state index in [9.17, 15) is 9.90 Å². The third-order valence-corrected chi connectivity index (χ3v) is 6.77. The number of hydrogen-bond acceptors (Lipinski definition) is 4. The van der Waals surface area contributed by atoms with Gasteiger partial charge in [0.25, 0.3) is 0 Å². The van der Waals surface area contributed by atoms with Crippen molar-refractivity contribution in [1.82, 2.24) is 5.43 Å². The van der Waals surface area contributed by atoms with Crippen LogP contribution in [0.2, 0.25) is 0 Å². The number of methoxy groups -OCH3 is 1. The van der Waals surface area contributed by atoms with E-state index in [1.807, 2.05) is 0 Å². The average Bonchev–Trinajstić information content (AvgIpc) is 2.56. The fourth-order valence-corrected chi connectivity index (χ4v) is 5.96. The molecule has 0 unspecified atom stereocenters. The first kappa shape index (κ1) is 16.9. The minimum Gasteiger partial charge on any atom is -0.503 e. The number of benzene rings is 1. The summed E-state index contributed by atoms with van der Waals surface area (Å²) in [5, 5.41) is 14.0. The molecule has 4 aliphatic carbocycles. The van der Waals surface area contributed by atoms with E-state index < -0.39 is 0 Å². The summed E-state index contributed by atoms with van der Waals surface area (Å²) in [6, 6.07) is 3.42. The van der Waals surface area contributed by atoms with Gasteiger partial charge in [-0.25, -0.2) is 5.43 Å². The van der Waals surface area contributed by atoms with Crippen molar-refractivity contribution >= 4 is 28.1 Å². The van der Waals surface area contributed by atoms with Crippen molar-refractivity contribution in [3.05, 3.63) is 22.2 Å². The molecule has 0 heterocycles. The molecule has 0 aromatic heterocycles. The summed E-state index contributed by atoms with van der Waals surface area (Å²) < 4.78 is 5.66. The SMILES string of the molecule is COc1cc(/C=N\NC(=O)C23CC4CC(CC(C4)C2)C3)cc(Br)c1O. The number of amides is 1. The first-order valence-corrected chi connectivity index (χ1v) is 9.68. The van der Waals surface area contributed by atoms with E-state index in [0.717, 1.165) is 42.6 Å². The number of phenolic OH excluding ortho intramolecular Hbond substituents is 1. The zero-order chi connectivity index (χ0) is 17.6. The molecule has 0 atom stereocenters. The molecule has 134 valence electrons. The molecule has 5 rings (SSSR count). The molecular formula is C19H23BrN2O3. The summed E-state index contributed by atoms with van der Waals surface area (Å²) in [7, 11) is 1.50. The van der Waals surface area contributed by atoms with Crippen LogP contribution in [-0.2, 0) is 4.79 Å². The number of nitrogens with one attached hydrogen (secondary N) is 1. The van der Waals surface area contributed by atoms with Crippen LogP contribution in [0.1, 0.15) is 44.1 Å². The van der Waals surface area contributed by atoms with Crippen LogP contribution >= 0.6 is 15.9 Å². The van der Waals surface area contributed by atoms with Gasteiger partial charge in [0, 0.05) is 0 Å². The van der Waals surface area contributed by atoms with E-state index in [0.29, 0.717) is 10.2 Å². The third-order valence-electron chi connectivity index (χ3n) is 6.17. The van der Waals surface area contributed by atoms with Gasteiger partial charge >= 0.3 is 0 Å². The molecule has 5 nitrogen and oxygen atoms in total. The minimum absolute atomic E-state index is 0.0530. The number of hydrazone groups is 1. The molecule has 4 aliphatic rings. The molecule has 1 amide bonds. The van der Waals surface area contributed by atoms with E-state index in [2.05, 4.69) is 26.5 Å². The van der Waals surface area contributed by atoms with Crippen LogP contribution in [0.3, 0.4) is 0 Å². The number of carbonyl (C=O) groups is 1. The molecule has 0 aliphatic heterocycles. The second kappa shape index (κ2) is 6.31. The zero-order valence-corrected chi connectivity index (χ0v) is 15.9. The van der Waals surface area contributed by atoms with Gasteiger partial charge in [0.1, 0.15) is 0 Å². The Morgan fingerprint density at radius 1 is 1.28 bits per heavy atom. The quantitative estimate of drug-likeness (QED) is 0.589. The molecular weight excluding hydrogens is 384 g/mol. The predicted octanol–water partition coefficient (Wildman–Crippen LogP) is 3.83. The van der Waals surface area contributed by atoms with Crippen molar-refractivity contribution in [2.45, 2.75) is 38.5 Å². The first-order valence-electron chi connectivity index (χ1n) is 8.89. The van der Waals surface area contributed by atoms with E-state index in [4.69, 9.17) is 4.74 Å². The van der Waals surface area contributed by atoms with Gasteiger partial charge in [-0.2, -0.15) is 5.10 Å². The Balaban J connectivity index is 1.46. The highest BCUT2D eigenvalue weighted by Gasteiger charge is 2.54. The van der Waals surface area contributed by atoms with Gasteiger partial charge in [0.05, 0.1) is 23.2 Å². The van der Waals surface area contributed by atoms with Gasteiger partial charge in [0.2, 0.25) is 5.91 Å². The van der Waals surface area contributed by atoms with Crippen molar-refractivity contribution in [3.8, 4) is 11.5 Å². The number of halogens is 1. The Kier molecular flexibility index (Phi) is 4.26. The maximum Gasteiger partial charge on any atom is 0.246 e. The van der Waals surface area contributed by atoms with Crippen LogP contribution in [0.4, 0.5) is 0 Å². The number of nitrogens with zero attached hydrogens (tertiary/aromatic N) is 1. The summed E-state index contributed by atoms with van der Waals surface area (Å²) in [6.45, 7) is 0. The summed E-state index contributed by atoms with van der Waals surface area (Å²) in [4.78, 5) is 12.8. The number of hydrogen-bond donors (Lipinski definition) is 2. The highest BCUT2D eigenvalue weighted by molar-refractivity contribution is 9.10. The number of rotatable bonds is 4. The van der Waals surface area contributed by atoms with E-state index in [1.165, 1.54) is 26.4 Å². The molecule has 0 radical (unpaired) electrons. The highest BCUT2D eigenvalue weighted by atomic mass is 79.9. The molecule has 4 saturated carbocycles. The average molecular weight is 407 g/mol. The van der Waals surface area contributed by atoms with E-state index >= 15 is 0 Å². The Hall–Kier alpha value is -1.56. The Morgan fingerprint density at radius 2 is 1.88 bits per heavy atom. The lowest BCUT2D eigenvalue weighted by Gasteiger charge is -2.55. The van der Waals surface area contributed by atoms with Crippen LogP contribution in [0.15, 0.2) is 21.7 Å². The van der Waals surface area contributed by atoms with Crippen LogP contribution in [0.25, 0.3) is 0 Å². The van der Waals surface area contributed by atoms with Crippen molar-refractivity contribution < 1.29 is 14.6 Å². The molecule has 0 saturated heterocycles. The first-order chi connectivity index (χ1) is 12.0. The summed E-state index contributed by atoms with van der Waals surface area (Å²) >= 11 is 3.29. The molecule has 1 aromatic rings.